The molecule has 98 valence electrons. The Hall–Kier alpha value is -0.900. The highest BCUT2D eigenvalue weighted by molar-refractivity contribution is 5.37. The van der Waals surface area contributed by atoms with Gasteiger partial charge in [-0.3, -0.25) is 0 Å². The Bertz CT molecular complexity index is 434. The summed E-state index contributed by atoms with van der Waals surface area (Å²) in [5.41, 5.74) is 4.20. The molecule has 2 saturated heterocycles. The topological polar surface area (TPSA) is 30.5 Å². The molecule has 3 heteroatoms. The van der Waals surface area contributed by atoms with Crippen molar-refractivity contribution in [3.05, 3.63) is 34.9 Å². The molecule has 1 atom stereocenters. The van der Waals surface area contributed by atoms with E-state index in [0.717, 1.165) is 33.0 Å². The van der Waals surface area contributed by atoms with Crippen LogP contribution in [0.1, 0.15) is 16.7 Å². The third-order valence-corrected chi connectivity index (χ3v) is 4.39. The summed E-state index contributed by atoms with van der Waals surface area (Å²) in [6.45, 7) is 8.49. The summed E-state index contributed by atoms with van der Waals surface area (Å²) in [4.78, 5) is 0. The molecule has 1 N–H and O–H groups in total. The van der Waals surface area contributed by atoms with Crippen LogP contribution in [0.3, 0.4) is 0 Å². The van der Waals surface area contributed by atoms with Gasteiger partial charge in [0.05, 0.1) is 31.8 Å². The molecule has 2 aliphatic rings. The van der Waals surface area contributed by atoms with E-state index in [4.69, 9.17) is 9.47 Å². The fourth-order valence-corrected chi connectivity index (χ4v) is 2.86. The van der Waals surface area contributed by atoms with Crippen LogP contribution in [0.4, 0.5) is 0 Å². The molecule has 2 fully saturated rings. The van der Waals surface area contributed by atoms with E-state index < -0.39 is 0 Å². The van der Waals surface area contributed by atoms with Gasteiger partial charge in [0.1, 0.15) is 0 Å². The number of nitrogens with one attached hydrogen (secondary N) is 1. The van der Waals surface area contributed by atoms with E-state index in [1.165, 1.54) is 16.7 Å². The summed E-state index contributed by atoms with van der Waals surface area (Å²) in [5.74, 6) is 0. The highest BCUT2D eigenvalue weighted by atomic mass is 16.5. The van der Waals surface area contributed by atoms with Crippen LogP contribution in [0.25, 0.3) is 0 Å². The predicted molar refractivity (Wildman–Crippen MR) is 71.0 cm³/mol. The standard InChI is InChI=1S/C15H21NO2/c1-11-3-4-13(7-12(11)2)15(9-18-10-15)14-8-17-6-5-16-14/h3-4,7,14,16H,5-6,8-10H2,1-2H3. The molecule has 0 spiro atoms. The Morgan fingerprint density at radius 3 is 2.56 bits per heavy atom. The lowest BCUT2D eigenvalue weighted by atomic mass is 9.71. The third kappa shape index (κ3) is 1.87. The maximum Gasteiger partial charge on any atom is 0.0630 e. The van der Waals surface area contributed by atoms with Crippen LogP contribution < -0.4 is 5.32 Å². The van der Waals surface area contributed by atoms with Gasteiger partial charge in [-0.15, -0.1) is 0 Å². The predicted octanol–water partition coefficient (Wildman–Crippen LogP) is 1.56. The molecule has 1 aromatic carbocycles. The summed E-state index contributed by atoms with van der Waals surface area (Å²) in [6.07, 6.45) is 0. The first-order valence-corrected chi connectivity index (χ1v) is 6.69. The zero-order chi connectivity index (χ0) is 12.6. The number of morpholine rings is 1. The fourth-order valence-electron chi connectivity index (χ4n) is 2.86. The molecule has 2 heterocycles. The first-order chi connectivity index (χ1) is 8.72. The van der Waals surface area contributed by atoms with Crippen LogP contribution in [0.2, 0.25) is 0 Å². The molecular weight excluding hydrogens is 226 g/mol. The highest BCUT2D eigenvalue weighted by Crippen LogP contribution is 2.37. The Morgan fingerprint density at radius 1 is 1.17 bits per heavy atom. The van der Waals surface area contributed by atoms with E-state index in [9.17, 15) is 0 Å². The molecule has 18 heavy (non-hydrogen) atoms. The van der Waals surface area contributed by atoms with Gasteiger partial charge in [-0.05, 0) is 30.5 Å². The summed E-state index contributed by atoms with van der Waals surface area (Å²) >= 11 is 0. The minimum Gasteiger partial charge on any atom is -0.379 e. The van der Waals surface area contributed by atoms with Gasteiger partial charge in [-0.1, -0.05) is 18.2 Å². The van der Waals surface area contributed by atoms with Gasteiger partial charge in [-0.2, -0.15) is 0 Å². The average molecular weight is 247 g/mol. The second kappa shape index (κ2) is 4.65. The molecule has 0 saturated carbocycles. The van der Waals surface area contributed by atoms with E-state index in [1.54, 1.807) is 0 Å². The number of aryl methyl sites for hydroxylation is 2. The summed E-state index contributed by atoms with van der Waals surface area (Å²) < 4.78 is 11.1. The first-order valence-electron chi connectivity index (χ1n) is 6.69. The van der Waals surface area contributed by atoms with Crippen LogP contribution in [0.15, 0.2) is 18.2 Å². The van der Waals surface area contributed by atoms with Crippen molar-refractivity contribution < 1.29 is 9.47 Å². The van der Waals surface area contributed by atoms with Crippen molar-refractivity contribution in [1.82, 2.24) is 5.32 Å². The maximum absolute atomic E-state index is 5.62. The van der Waals surface area contributed by atoms with Gasteiger partial charge in [0.25, 0.3) is 0 Å². The molecule has 0 aliphatic carbocycles. The normalized spacial score (nSPS) is 26.7. The van der Waals surface area contributed by atoms with Gasteiger partial charge in [-0.25, -0.2) is 0 Å². The summed E-state index contributed by atoms with van der Waals surface area (Å²) in [5, 5.41) is 3.59. The van der Waals surface area contributed by atoms with Crippen LogP contribution in [-0.2, 0) is 14.9 Å². The Balaban J connectivity index is 1.92. The van der Waals surface area contributed by atoms with Crippen LogP contribution in [-0.4, -0.2) is 39.0 Å². The zero-order valence-corrected chi connectivity index (χ0v) is 11.2. The Labute approximate surface area is 108 Å². The minimum atomic E-state index is 0.110. The lowest BCUT2D eigenvalue weighted by molar-refractivity contribution is -0.101. The van der Waals surface area contributed by atoms with Crippen LogP contribution in [0.5, 0.6) is 0 Å². The van der Waals surface area contributed by atoms with Crippen molar-refractivity contribution in [3.63, 3.8) is 0 Å². The van der Waals surface area contributed by atoms with Gasteiger partial charge in [0.15, 0.2) is 0 Å². The molecule has 0 aromatic heterocycles. The second-order valence-electron chi connectivity index (χ2n) is 5.53. The van der Waals surface area contributed by atoms with Crippen molar-refractivity contribution in [2.75, 3.05) is 33.0 Å². The molecule has 0 amide bonds. The van der Waals surface area contributed by atoms with Gasteiger partial charge < -0.3 is 14.8 Å². The van der Waals surface area contributed by atoms with Gasteiger partial charge >= 0.3 is 0 Å². The molecule has 2 aliphatic heterocycles. The zero-order valence-electron chi connectivity index (χ0n) is 11.2. The van der Waals surface area contributed by atoms with Gasteiger partial charge in [0.2, 0.25) is 0 Å². The van der Waals surface area contributed by atoms with E-state index >= 15 is 0 Å². The summed E-state index contributed by atoms with van der Waals surface area (Å²) in [6, 6.07) is 7.16. The van der Waals surface area contributed by atoms with Crippen molar-refractivity contribution in [2.24, 2.45) is 0 Å². The smallest absolute Gasteiger partial charge is 0.0630 e. The monoisotopic (exact) mass is 247 g/mol. The number of benzene rings is 1. The molecule has 1 unspecified atom stereocenters. The lowest BCUT2D eigenvalue weighted by Gasteiger charge is -2.49. The van der Waals surface area contributed by atoms with E-state index in [0.29, 0.717) is 6.04 Å². The maximum atomic E-state index is 5.62. The van der Waals surface area contributed by atoms with E-state index in [-0.39, 0.29) is 5.41 Å². The Morgan fingerprint density at radius 2 is 2.00 bits per heavy atom. The van der Waals surface area contributed by atoms with Crippen molar-refractivity contribution in [2.45, 2.75) is 25.3 Å². The fraction of sp³-hybridized carbons (Fsp3) is 0.600. The van der Waals surface area contributed by atoms with Crippen molar-refractivity contribution in [3.8, 4) is 0 Å². The highest BCUT2D eigenvalue weighted by Gasteiger charge is 2.47. The quantitative estimate of drug-likeness (QED) is 0.860. The molecular formula is C15H21NO2. The van der Waals surface area contributed by atoms with Crippen LogP contribution in [0, 0.1) is 13.8 Å². The third-order valence-electron chi connectivity index (χ3n) is 4.39. The van der Waals surface area contributed by atoms with Gasteiger partial charge in [0, 0.05) is 12.6 Å². The SMILES string of the molecule is Cc1ccc(C2(C3COCCN3)COC2)cc1C. The first kappa shape index (κ1) is 12.2. The minimum absolute atomic E-state index is 0.110. The van der Waals surface area contributed by atoms with Crippen molar-refractivity contribution >= 4 is 0 Å². The largest absolute Gasteiger partial charge is 0.379 e. The Kier molecular flexibility index (Phi) is 3.14. The number of rotatable bonds is 2. The molecule has 1 aromatic rings. The van der Waals surface area contributed by atoms with E-state index in [2.05, 4.69) is 37.4 Å². The van der Waals surface area contributed by atoms with Crippen LogP contribution >= 0.6 is 0 Å². The molecule has 3 nitrogen and oxygen atoms in total. The lowest BCUT2D eigenvalue weighted by Crippen LogP contribution is -2.63. The molecule has 0 radical (unpaired) electrons. The second-order valence-corrected chi connectivity index (χ2v) is 5.53. The summed E-state index contributed by atoms with van der Waals surface area (Å²) in [7, 11) is 0. The molecule has 0 bridgehead atoms. The average Bonchev–Trinajstić information content (AvgIpc) is 2.34. The number of hydrogen-bond acceptors (Lipinski definition) is 3. The van der Waals surface area contributed by atoms with E-state index in [1.807, 2.05) is 0 Å². The number of ether oxygens (including phenoxy) is 2. The van der Waals surface area contributed by atoms with Crippen molar-refractivity contribution in [1.29, 1.82) is 0 Å². The number of hydrogen-bond donors (Lipinski definition) is 1. The molecule has 3 rings (SSSR count).